The van der Waals surface area contributed by atoms with Crippen molar-refractivity contribution in [2.75, 3.05) is 11.4 Å². The Hall–Kier alpha value is -4.05. The largest absolute Gasteiger partial charge is 0.488 e. The molecule has 198 valence electrons. The van der Waals surface area contributed by atoms with Crippen molar-refractivity contribution >= 4 is 11.6 Å². The molecule has 4 nitrogen and oxygen atoms in total. The van der Waals surface area contributed by atoms with Crippen LogP contribution in [-0.4, -0.2) is 12.5 Å². The molecule has 6 rings (SSSR count). The summed E-state index contributed by atoms with van der Waals surface area (Å²) >= 11 is 0. The lowest BCUT2D eigenvalue weighted by Crippen LogP contribution is -2.25. The molecule has 2 aliphatic rings. The zero-order chi connectivity index (χ0) is 26.8. The number of likely N-dealkylation sites (N-methyl/N-ethyl adjacent to an activating group) is 1. The Balaban J connectivity index is 1.49. The van der Waals surface area contributed by atoms with Crippen molar-refractivity contribution in [1.29, 1.82) is 0 Å². The summed E-state index contributed by atoms with van der Waals surface area (Å²) < 4.78 is 13.3. The highest BCUT2D eigenvalue weighted by molar-refractivity contribution is 6.05. The Morgan fingerprint density at radius 3 is 1.90 bits per heavy atom. The van der Waals surface area contributed by atoms with Gasteiger partial charge in [0.1, 0.15) is 24.7 Å². The van der Waals surface area contributed by atoms with Crippen LogP contribution in [0.25, 0.3) is 11.1 Å². The lowest BCUT2D eigenvalue weighted by Gasteiger charge is -2.22. The first-order valence-electron chi connectivity index (χ1n) is 14.0. The number of fused-ring (bicyclic) bond motifs is 1. The second-order valence-corrected chi connectivity index (χ2v) is 10.7. The van der Waals surface area contributed by atoms with Gasteiger partial charge < -0.3 is 14.4 Å². The molecular formula is C35H35NO3. The van der Waals surface area contributed by atoms with Gasteiger partial charge in [-0.1, -0.05) is 66.7 Å². The van der Waals surface area contributed by atoms with Crippen molar-refractivity contribution in [2.24, 2.45) is 5.92 Å². The number of carbonyl (C=O) groups excluding carboxylic acids is 1. The average molecular weight is 518 g/mol. The number of ether oxygens (including phenoxy) is 2. The Kier molecular flexibility index (Phi) is 7.10. The van der Waals surface area contributed by atoms with E-state index in [1.165, 1.54) is 18.4 Å². The van der Waals surface area contributed by atoms with E-state index in [2.05, 4.69) is 55.5 Å². The van der Waals surface area contributed by atoms with E-state index in [0.29, 0.717) is 26.2 Å². The highest BCUT2D eigenvalue weighted by Gasteiger charge is 2.32. The summed E-state index contributed by atoms with van der Waals surface area (Å²) in [5.74, 6) is 2.51. The summed E-state index contributed by atoms with van der Waals surface area (Å²) in [7, 11) is 0. The molecular weight excluding hydrogens is 482 g/mol. The normalized spacial score (nSPS) is 14.4. The van der Waals surface area contributed by atoms with Crippen molar-refractivity contribution in [3.8, 4) is 22.6 Å². The molecule has 1 heterocycles. The fourth-order valence-electron chi connectivity index (χ4n) is 5.62. The lowest BCUT2D eigenvalue weighted by molar-refractivity contribution is -0.117. The van der Waals surface area contributed by atoms with Crippen LogP contribution in [0.4, 0.5) is 5.69 Å². The molecule has 39 heavy (non-hydrogen) atoms. The molecule has 0 spiro atoms. The van der Waals surface area contributed by atoms with Crippen LogP contribution in [0.5, 0.6) is 11.5 Å². The van der Waals surface area contributed by atoms with Crippen LogP contribution in [-0.2, 0) is 30.8 Å². The molecule has 4 aromatic carbocycles. The predicted molar refractivity (Wildman–Crippen MR) is 156 cm³/mol. The summed E-state index contributed by atoms with van der Waals surface area (Å²) in [5.41, 5.74) is 8.64. The van der Waals surface area contributed by atoms with Crippen molar-refractivity contribution in [1.82, 2.24) is 0 Å². The third-order valence-corrected chi connectivity index (χ3v) is 7.80. The minimum Gasteiger partial charge on any atom is -0.488 e. The Labute approximate surface area is 231 Å². The molecule has 1 aliphatic heterocycles. The number of anilines is 1. The molecule has 0 radical (unpaired) electrons. The van der Waals surface area contributed by atoms with Gasteiger partial charge in [0.15, 0.2) is 0 Å². The predicted octanol–water partition coefficient (Wildman–Crippen LogP) is 7.68. The summed E-state index contributed by atoms with van der Waals surface area (Å²) in [6.45, 7) is 5.74. The number of rotatable bonds is 10. The smallest absolute Gasteiger partial charge is 0.231 e. The minimum atomic E-state index is 0.142. The van der Waals surface area contributed by atoms with Gasteiger partial charge in [0, 0.05) is 12.2 Å². The topological polar surface area (TPSA) is 38.8 Å². The Morgan fingerprint density at radius 1 is 0.769 bits per heavy atom. The third kappa shape index (κ3) is 5.42. The van der Waals surface area contributed by atoms with E-state index in [1.54, 1.807) is 0 Å². The van der Waals surface area contributed by atoms with Crippen molar-refractivity contribution in [3.63, 3.8) is 0 Å². The molecule has 4 aromatic rings. The summed E-state index contributed by atoms with van der Waals surface area (Å²) in [5, 5.41) is 0. The number of benzene rings is 4. The van der Waals surface area contributed by atoms with E-state index in [-0.39, 0.29) is 5.91 Å². The maximum absolute atomic E-state index is 13.0. The van der Waals surface area contributed by atoms with Gasteiger partial charge in [-0.25, -0.2) is 0 Å². The molecule has 0 N–H and O–H groups in total. The van der Waals surface area contributed by atoms with E-state index in [9.17, 15) is 4.79 Å². The zero-order valence-corrected chi connectivity index (χ0v) is 22.8. The SMILES string of the molecule is CCN1C(=O)Cc2c1ccc(C)c2-c1c(OCc2ccccc2)cc(CC2CC2)cc1OCc1ccccc1. The molecule has 1 aliphatic carbocycles. The summed E-state index contributed by atoms with van der Waals surface area (Å²) in [4.78, 5) is 14.9. The minimum absolute atomic E-state index is 0.142. The first kappa shape index (κ1) is 25.2. The lowest BCUT2D eigenvalue weighted by atomic mass is 9.90. The van der Waals surface area contributed by atoms with E-state index in [1.807, 2.05) is 48.2 Å². The third-order valence-electron chi connectivity index (χ3n) is 7.80. The Morgan fingerprint density at radius 2 is 1.36 bits per heavy atom. The average Bonchev–Trinajstić information content (AvgIpc) is 3.71. The first-order valence-corrected chi connectivity index (χ1v) is 14.0. The van der Waals surface area contributed by atoms with E-state index in [4.69, 9.17) is 9.47 Å². The molecule has 0 bridgehead atoms. The van der Waals surface area contributed by atoms with Crippen LogP contribution < -0.4 is 14.4 Å². The number of aryl methyl sites for hydroxylation is 1. The van der Waals surface area contributed by atoms with Crippen molar-refractivity contribution in [2.45, 2.75) is 52.7 Å². The second-order valence-electron chi connectivity index (χ2n) is 10.7. The Bertz CT molecular complexity index is 1410. The van der Waals surface area contributed by atoms with Gasteiger partial charge in [0.2, 0.25) is 5.91 Å². The van der Waals surface area contributed by atoms with E-state index in [0.717, 1.165) is 62.9 Å². The highest BCUT2D eigenvalue weighted by Crippen LogP contribution is 2.48. The zero-order valence-electron chi connectivity index (χ0n) is 22.8. The quantitative estimate of drug-likeness (QED) is 0.217. The van der Waals surface area contributed by atoms with Crippen LogP contribution in [0, 0.1) is 12.8 Å². The molecule has 0 aromatic heterocycles. The first-order chi connectivity index (χ1) is 19.1. The van der Waals surface area contributed by atoms with Crippen LogP contribution in [0.1, 0.15) is 47.6 Å². The fraction of sp³-hybridized carbons (Fsp3) is 0.286. The van der Waals surface area contributed by atoms with Gasteiger partial charge in [0.25, 0.3) is 0 Å². The summed E-state index contributed by atoms with van der Waals surface area (Å²) in [6, 6.07) is 29.2. The van der Waals surface area contributed by atoms with Crippen LogP contribution in [0.3, 0.4) is 0 Å². The maximum atomic E-state index is 13.0. The number of hydrogen-bond acceptors (Lipinski definition) is 3. The van der Waals surface area contributed by atoms with Gasteiger partial charge in [-0.15, -0.1) is 0 Å². The highest BCUT2D eigenvalue weighted by atomic mass is 16.5. The van der Waals surface area contributed by atoms with Crippen LogP contribution in [0.2, 0.25) is 0 Å². The molecule has 0 atom stereocenters. The van der Waals surface area contributed by atoms with Crippen LogP contribution in [0.15, 0.2) is 84.9 Å². The van der Waals surface area contributed by atoms with Crippen molar-refractivity contribution in [3.05, 3.63) is 113 Å². The van der Waals surface area contributed by atoms with Gasteiger partial charge in [-0.05, 0) is 90.6 Å². The molecule has 4 heteroatoms. The van der Waals surface area contributed by atoms with E-state index >= 15 is 0 Å². The number of carbonyl (C=O) groups is 1. The van der Waals surface area contributed by atoms with Gasteiger partial charge in [-0.2, -0.15) is 0 Å². The number of nitrogens with zero attached hydrogens (tertiary/aromatic N) is 1. The van der Waals surface area contributed by atoms with Crippen LogP contribution >= 0.6 is 0 Å². The molecule has 0 unspecified atom stereocenters. The van der Waals surface area contributed by atoms with Crippen molar-refractivity contribution < 1.29 is 14.3 Å². The summed E-state index contributed by atoms with van der Waals surface area (Å²) in [6.07, 6.45) is 3.97. The maximum Gasteiger partial charge on any atom is 0.231 e. The second kappa shape index (κ2) is 11.0. The van der Waals surface area contributed by atoms with E-state index < -0.39 is 0 Å². The van der Waals surface area contributed by atoms with Gasteiger partial charge >= 0.3 is 0 Å². The molecule has 1 amide bonds. The molecule has 0 saturated heterocycles. The monoisotopic (exact) mass is 517 g/mol. The number of hydrogen-bond donors (Lipinski definition) is 0. The molecule has 1 saturated carbocycles. The fourth-order valence-corrected chi connectivity index (χ4v) is 5.62. The number of amides is 1. The van der Waals surface area contributed by atoms with Gasteiger partial charge in [-0.3, -0.25) is 4.79 Å². The molecule has 1 fully saturated rings. The van der Waals surface area contributed by atoms with Gasteiger partial charge in [0.05, 0.1) is 12.0 Å². The standard InChI is InChI=1S/C35H35NO3/c1-3-36-30-17-14-24(2)34(29(30)21-33(36)37)35-31(38-22-26-10-6-4-7-11-26)19-28(18-25-15-16-25)20-32(35)39-23-27-12-8-5-9-13-27/h4-14,17,19-20,25H,3,15-16,18,21-23H2,1-2H3.